The zero-order chi connectivity index (χ0) is 10.4. The normalized spacial score (nSPS) is 28.6. The average molecular weight is 194 g/mol. The van der Waals surface area contributed by atoms with Gasteiger partial charge in [0.05, 0.1) is 0 Å². The summed E-state index contributed by atoms with van der Waals surface area (Å²) < 4.78 is 0. The second-order valence-corrected chi connectivity index (χ2v) is 4.11. The number of aliphatic carboxylic acids is 1. The monoisotopic (exact) mass is 194 g/mol. The highest BCUT2D eigenvalue weighted by Crippen LogP contribution is 2.29. The SMILES string of the molecule is CC1CCCC(/C=C/C=C/C(=O)O)C1. The first kappa shape index (κ1) is 11.0. The lowest BCUT2D eigenvalue weighted by atomic mass is 9.82. The van der Waals surface area contributed by atoms with Crippen molar-refractivity contribution in [1.82, 2.24) is 0 Å². The summed E-state index contributed by atoms with van der Waals surface area (Å²) in [5.41, 5.74) is 0. The Morgan fingerprint density at radius 2 is 2.14 bits per heavy atom. The molecule has 14 heavy (non-hydrogen) atoms. The topological polar surface area (TPSA) is 37.3 Å². The van der Waals surface area contributed by atoms with Crippen molar-refractivity contribution >= 4 is 5.97 Å². The first-order valence-corrected chi connectivity index (χ1v) is 5.26. The van der Waals surface area contributed by atoms with E-state index in [1.54, 1.807) is 6.08 Å². The smallest absolute Gasteiger partial charge is 0.328 e. The van der Waals surface area contributed by atoms with Gasteiger partial charge in [-0.1, -0.05) is 38.0 Å². The summed E-state index contributed by atoms with van der Waals surface area (Å²) >= 11 is 0. The Kier molecular flexibility index (Phi) is 4.44. The minimum absolute atomic E-state index is 0.650. The molecule has 2 atom stereocenters. The van der Waals surface area contributed by atoms with Crippen LogP contribution in [0.25, 0.3) is 0 Å². The Balaban J connectivity index is 2.32. The Morgan fingerprint density at radius 1 is 1.36 bits per heavy atom. The van der Waals surface area contributed by atoms with Gasteiger partial charge in [-0.3, -0.25) is 0 Å². The molecule has 2 heteroatoms. The van der Waals surface area contributed by atoms with Crippen molar-refractivity contribution < 1.29 is 9.90 Å². The molecule has 2 nitrogen and oxygen atoms in total. The summed E-state index contributed by atoms with van der Waals surface area (Å²) in [6.45, 7) is 2.28. The molecule has 1 aliphatic rings. The summed E-state index contributed by atoms with van der Waals surface area (Å²) in [6, 6.07) is 0. The number of carboxylic acids is 1. The van der Waals surface area contributed by atoms with Gasteiger partial charge in [-0.05, 0) is 24.7 Å². The van der Waals surface area contributed by atoms with Crippen LogP contribution in [0.15, 0.2) is 24.3 Å². The predicted octanol–water partition coefficient (Wildman–Crippen LogP) is 3.01. The first-order chi connectivity index (χ1) is 6.68. The lowest BCUT2D eigenvalue weighted by Crippen LogP contribution is -2.10. The first-order valence-electron chi connectivity index (χ1n) is 5.26. The quantitative estimate of drug-likeness (QED) is 0.554. The summed E-state index contributed by atoms with van der Waals surface area (Å²) in [6.07, 6.45) is 11.9. The van der Waals surface area contributed by atoms with Gasteiger partial charge < -0.3 is 5.11 Å². The zero-order valence-electron chi connectivity index (χ0n) is 8.65. The lowest BCUT2D eigenvalue weighted by molar-refractivity contribution is -0.131. The standard InChI is InChI=1S/C12H18O2/c1-10-5-4-7-11(9-10)6-2-3-8-12(13)14/h2-3,6,8,10-11H,4-5,7,9H2,1H3,(H,13,14)/b6-2+,8-3+. The number of rotatable bonds is 3. The van der Waals surface area contributed by atoms with Crippen LogP contribution in [0.4, 0.5) is 0 Å². The molecule has 0 aromatic carbocycles. The molecule has 0 heterocycles. The van der Waals surface area contributed by atoms with Crippen molar-refractivity contribution in [2.45, 2.75) is 32.6 Å². The molecule has 0 bridgehead atoms. The molecule has 2 unspecified atom stereocenters. The van der Waals surface area contributed by atoms with E-state index in [0.29, 0.717) is 5.92 Å². The molecular weight excluding hydrogens is 176 g/mol. The van der Waals surface area contributed by atoms with Crippen molar-refractivity contribution in [2.75, 3.05) is 0 Å². The highest BCUT2D eigenvalue weighted by atomic mass is 16.4. The molecule has 1 saturated carbocycles. The second-order valence-electron chi connectivity index (χ2n) is 4.11. The number of hydrogen-bond acceptors (Lipinski definition) is 1. The fourth-order valence-electron chi connectivity index (χ4n) is 2.01. The van der Waals surface area contributed by atoms with Crippen LogP contribution in [0.3, 0.4) is 0 Å². The summed E-state index contributed by atoms with van der Waals surface area (Å²) in [5.74, 6) is 0.589. The van der Waals surface area contributed by atoms with Crippen LogP contribution in [0.2, 0.25) is 0 Å². The molecule has 1 aliphatic carbocycles. The van der Waals surface area contributed by atoms with Crippen LogP contribution in [0.5, 0.6) is 0 Å². The number of allylic oxidation sites excluding steroid dienone is 3. The molecule has 0 radical (unpaired) electrons. The number of carboxylic acid groups (broad SMARTS) is 1. The van der Waals surface area contributed by atoms with E-state index < -0.39 is 5.97 Å². The Morgan fingerprint density at radius 3 is 2.79 bits per heavy atom. The van der Waals surface area contributed by atoms with Gasteiger partial charge in [-0.15, -0.1) is 0 Å². The molecule has 1 rings (SSSR count). The van der Waals surface area contributed by atoms with E-state index in [-0.39, 0.29) is 0 Å². The van der Waals surface area contributed by atoms with E-state index in [4.69, 9.17) is 5.11 Å². The highest BCUT2D eigenvalue weighted by Gasteiger charge is 2.15. The highest BCUT2D eigenvalue weighted by molar-refractivity contribution is 5.80. The molecule has 0 aliphatic heterocycles. The predicted molar refractivity (Wildman–Crippen MR) is 57.0 cm³/mol. The minimum Gasteiger partial charge on any atom is -0.478 e. The van der Waals surface area contributed by atoms with Crippen LogP contribution in [-0.2, 0) is 4.79 Å². The van der Waals surface area contributed by atoms with Crippen molar-refractivity contribution in [3.05, 3.63) is 24.3 Å². The fraction of sp³-hybridized carbons (Fsp3) is 0.583. The summed E-state index contributed by atoms with van der Waals surface area (Å²) in [4.78, 5) is 10.2. The van der Waals surface area contributed by atoms with Crippen molar-refractivity contribution in [3.63, 3.8) is 0 Å². The van der Waals surface area contributed by atoms with Gasteiger partial charge in [0.25, 0.3) is 0 Å². The lowest BCUT2D eigenvalue weighted by Gasteiger charge is -2.23. The maximum atomic E-state index is 10.2. The van der Waals surface area contributed by atoms with Gasteiger partial charge in [0.2, 0.25) is 0 Å². The largest absolute Gasteiger partial charge is 0.478 e. The van der Waals surface area contributed by atoms with E-state index in [1.165, 1.54) is 31.8 Å². The molecule has 0 aromatic rings. The third-order valence-electron chi connectivity index (χ3n) is 2.71. The molecule has 0 amide bonds. The molecule has 1 fully saturated rings. The third kappa shape index (κ3) is 4.26. The number of carbonyl (C=O) groups is 1. The fourth-order valence-corrected chi connectivity index (χ4v) is 2.01. The van der Waals surface area contributed by atoms with E-state index >= 15 is 0 Å². The molecule has 0 saturated heterocycles. The maximum Gasteiger partial charge on any atom is 0.328 e. The van der Waals surface area contributed by atoms with Crippen LogP contribution < -0.4 is 0 Å². The van der Waals surface area contributed by atoms with Gasteiger partial charge in [-0.25, -0.2) is 4.79 Å². The van der Waals surface area contributed by atoms with Gasteiger partial charge in [0.1, 0.15) is 0 Å². The van der Waals surface area contributed by atoms with Crippen LogP contribution in [0.1, 0.15) is 32.6 Å². The van der Waals surface area contributed by atoms with Crippen molar-refractivity contribution in [2.24, 2.45) is 11.8 Å². The zero-order valence-corrected chi connectivity index (χ0v) is 8.65. The van der Waals surface area contributed by atoms with Crippen LogP contribution >= 0.6 is 0 Å². The average Bonchev–Trinajstić information content (AvgIpc) is 2.12. The van der Waals surface area contributed by atoms with Crippen LogP contribution in [-0.4, -0.2) is 11.1 Å². The van der Waals surface area contributed by atoms with E-state index in [0.717, 1.165) is 5.92 Å². The summed E-state index contributed by atoms with van der Waals surface area (Å²) in [5, 5.41) is 8.37. The summed E-state index contributed by atoms with van der Waals surface area (Å²) in [7, 11) is 0. The van der Waals surface area contributed by atoms with Crippen molar-refractivity contribution in [3.8, 4) is 0 Å². The molecule has 1 N–H and O–H groups in total. The van der Waals surface area contributed by atoms with E-state index in [1.807, 2.05) is 6.08 Å². The number of hydrogen-bond donors (Lipinski definition) is 1. The van der Waals surface area contributed by atoms with Crippen molar-refractivity contribution in [1.29, 1.82) is 0 Å². The Hall–Kier alpha value is -1.05. The molecule has 0 aromatic heterocycles. The van der Waals surface area contributed by atoms with E-state index in [9.17, 15) is 4.79 Å². The van der Waals surface area contributed by atoms with E-state index in [2.05, 4.69) is 13.0 Å². The van der Waals surface area contributed by atoms with Crippen LogP contribution in [0, 0.1) is 11.8 Å². The second kappa shape index (κ2) is 5.63. The molecular formula is C12H18O2. The maximum absolute atomic E-state index is 10.2. The molecule has 0 spiro atoms. The van der Waals surface area contributed by atoms with Gasteiger partial charge in [0, 0.05) is 6.08 Å². The molecule has 78 valence electrons. The Bertz CT molecular complexity index is 241. The third-order valence-corrected chi connectivity index (χ3v) is 2.71. The van der Waals surface area contributed by atoms with Gasteiger partial charge >= 0.3 is 5.97 Å². The van der Waals surface area contributed by atoms with Gasteiger partial charge in [-0.2, -0.15) is 0 Å². The minimum atomic E-state index is -0.883. The van der Waals surface area contributed by atoms with Gasteiger partial charge in [0.15, 0.2) is 0 Å². The Labute approximate surface area is 85.3 Å².